The topological polar surface area (TPSA) is 46.5 Å². The number of aliphatic hydroxyl groups excluding tert-OH is 1. The second-order valence-corrected chi connectivity index (χ2v) is 5.60. The third kappa shape index (κ3) is 1.83. The number of rotatable bonds is 2. The van der Waals surface area contributed by atoms with Gasteiger partial charge in [-0.25, -0.2) is 0 Å². The summed E-state index contributed by atoms with van der Waals surface area (Å²) in [6.45, 7) is 3.43. The second-order valence-electron chi connectivity index (χ2n) is 4.08. The fourth-order valence-electron chi connectivity index (χ4n) is 1.75. The second kappa shape index (κ2) is 4.11. The number of thioether (sulfide) groups is 1. The maximum absolute atomic E-state index is 11.7. The summed E-state index contributed by atoms with van der Waals surface area (Å²) in [7, 11) is 0. The highest BCUT2D eigenvalue weighted by Gasteiger charge is 2.52. The molecule has 2 rings (SSSR count). The van der Waals surface area contributed by atoms with Crippen LogP contribution in [-0.2, 0) is 9.53 Å². The van der Waals surface area contributed by atoms with Crippen LogP contribution < -0.4 is 0 Å². The molecule has 0 spiro atoms. The van der Waals surface area contributed by atoms with Gasteiger partial charge in [0.05, 0.1) is 0 Å². The molecule has 0 radical (unpaired) electrons. The minimum absolute atomic E-state index is 0.346. The van der Waals surface area contributed by atoms with Crippen molar-refractivity contribution in [3.8, 4) is 0 Å². The molecular weight excluding hydrogens is 224 g/mol. The quantitative estimate of drug-likeness (QED) is 0.799. The normalized spacial score (nSPS) is 33.8. The van der Waals surface area contributed by atoms with Gasteiger partial charge >= 0.3 is 5.97 Å². The van der Waals surface area contributed by atoms with Crippen molar-refractivity contribution in [1.82, 2.24) is 0 Å². The van der Waals surface area contributed by atoms with Gasteiger partial charge in [-0.3, -0.25) is 4.79 Å². The van der Waals surface area contributed by atoms with E-state index in [2.05, 4.69) is 0 Å². The average Bonchev–Trinajstić information content (AvgIpc) is 2.45. The summed E-state index contributed by atoms with van der Waals surface area (Å²) in [5, 5.41) is 9.98. The molecule has 4 heteroatoms. The van der Waals surface area contributed by atoms with Crippen LogP contribution in [0.1, 0.15) is 13.8 Å². The number of aliphatic hydroxyl groups is 1. The standard InChI is InChI=1S/C12H14O3S/c1-8-10(13)12(2,11(14)15-8)16-9-6-4-3-5-7-9/h3-8,10,13H,1-2H3. The maximum Gasteiger partial charge on any atom is 0.325 e. The molecule has 0 aromatic heterocycles. The zero-order valence-corrected chi connectivity index (χ0v) is 10.0. The first-order valence-corrected chi connectivity index (χ1v) is 5.99. The van der Waals surface area contributed by atoms with Gasteiger partial charge < -0.3 is 9.84 Å². The molecule has 1 aromatic carbocycles. The van der Waals surface area contributed by atoms with E-state index in [9.17, 15) is 9.90 Å². The molecule has 1 aliphatic rings. The van der Waals surface area contributed by atoms with Crippen LogP contribution in [0.25, 0.3) is 0 Å². The fraction of sp³-hybridized carbons (Fsp3) is 0.417. The Labute approximate surface area is 98.8 Å². The molecule has 0 aliphatic carbocycles. The zero-order valence-electron chi connectivity index (χ0n) is 9.21. The summed E-state index contributed by atoms with van der Waals surface area (Å²) in [5.74, 6) is -0.346. The van der Waals surface area contributed by atoms with Crippen LogP contribution in [-0.4, -0.2) is 28.0 Å². The lowest BCUT2D eigenvalue weighted by Crippen LogP contribution is -2.39. The van der Waals surface area contributed by atoms with Crippen LogP contribution in [0.3, 0.4) is 0 Å². The van der Waals surface area contributed by atoms with E-state index in [1.807, 2.05) is 30.3 Å². The van der Waals surface area contributed by atoms with Crippen LogP contribution in [0.2, 0.25) is 0 Å². The largest absolute Gasteiger partial charge is 0.459 e. The highest BCUT2D eigenvalue weighted by atomic mass is 32.2. The van der Waals surface area contributed by atoms with Gasteiger partial charge in [0.1, 0.15) is 17.0 Å². The molecule has 1 saturated heterocycles. The van der Waals surface area contributed by atoms with E-state index in [1.54, 1.807) is 13.8 Å². The van der Waals surface area contributed by atoms with E-state index >= 15 is 0 Å². The van der Waals surface area contributed by atoms with Crippen molar-refractivity contribution in [2.24, 2.45) is 0 Å². The summed E-state index contributed by atoms with van der Waals surface area (Å²) in [4.78, 5) is 12.7. The SMILES string of the molecule is CC1OC(=O)C(C)(Sc2ccccc2)C1O. The Morgan fingerprint density at radius 3 is 2.50 bits per heavy atom. The first-order valence-electron chi connectivity index (χ1n) is 5.17. The molecule has 1 aromatic rings. The first-order chi connectivity index (χ1) is 7.54. The van der Waals surface area contributed by atoms with Gasteiger partial charge in [-0.2, -0.15) is 0 Å². The molecule has 3 atom stereocenters. The first kappa shape index (κ1) is 11.5. The molecule has 1 N–H and O–H groups in total. The van der Waals surface area contributed by atoms with Crippen LogP contribution in [0.15, 0.2) is 35.2 Å². The number of esters is 1. The summed E-state index contributed by atoms with van der Waals surface area (Å²) in [5.41, 5.74) is 0. The van der Waals surface area contributed by atoms with Gasteiger partial charge in [-0.15, -0.1) is 11.8 Å². The van der Waals surface area contributed by atoms with E-state index in [-0.39, 0.29) is 5.97 Å². The molecule has 1 aliphatic heterocycles. The Hall–Kier alpha value is -1.00. The lowest BCUT2D eigenvalue weighted by molar-refractivity contribution is -0.142. The average molecular weight is 238 g/mol. The number of benzene rings is 1. The minimum atomic E-state index is -0.902. The van der Waals surface area contributed by atoms with E-state index in [0.29, 0.717) is 0 Å². The molecule has 0 amide bonds. The highest BCUT2D eigenvalue weighted by Crippen LogP contribution is 2.42. The van der Waals surface area contributed by atoms with Gasteiger partial charge in [-0.1, -0.05) is 18.2 Å². The van der Waals surface area contributed by atoms with Crippen LogP contribution in [0, 0.1) is 0 Å². The van der Waals surface area contributed by atoms with Crippen LogP contribution in [0.5, 0.6) is 0 Å². The highest BCUT2D eigenvalue weighted by molar-refractivity contribution is 8.01. The van der Waals surface area contributed by atoms with Crippen molar-refractivity contribution in [2.45, 2.75) is 35.7 Å². The molecule has 16 heavy (non-hydrogen) atoms. The minimum Gasteiger partial charge on any atom is -0.459 e. The van der Waals surface area contributed by atoms with Crippen molar-refractivity contribution in [3.05, 3.63) is 30.3 Å². The molecule has 86 valence electrons. The van der Waals surface area contributed by atoms with E-state index in [0.717, 1.165) is 4.90 Å². The van der Waals surface area contributed by atoms with Crippen LogP contribution in [0.4, 0.5) is 0 Å². The lowest BCUT2D eigenvalue weighted by atomic mass is 10.0. The summed E-state index contributed by atoms with van der Waals surface area (Å²) in [6.07, 6.45) is -1.21. The van der Waals surface area contributed by atoms with Crippen molar-refractivity contribution in [1.29, 1.82) is 0 Å². The Kier molecular flexibility index (Phi) is 2.95. The predicted molar refractivity (Wildman–Crippen MR) is 62.3 cm³/mol. The van der Waals surface area contributed by atoms with Crippen molar-refractivity contribution in [2.75, 3.05) is 0 Å². The van der Waals surface area contributed by atoms with E-state index < -0.39 is 17.0 Å². The summed E-state index contributed by atoms with van der Waals surface area (Å²) >= 11 is 1.35. The lowest BCUT2D eigenvalue weighted by Gasteiger charge is -2.23. The molecule has 1 heterocycles. The Balaban J connectivity index is 2.23. The molecule has 0 bridgehead atoms. The predicted octanol–water partition coefficient (Wildman–Crippen LogP) is 1.84. The number of carbonyl (C=O) groups is 1. The number of carbonyl (C=O) groups excluding carboxylic acids is 1. The maximum atomic E-state index is 11.7. The molecular formula is C12H14O3S. The Bertz CT molecular complexity index is 393. The molecule has 3 nitrogen and oxygen atoms in total. The van der Waals surface area contributed by atoms with E-state index in [4.69, 9.17) is 4.74 Å². The number of ether oxygens (including phenoxy) is 1. The van der Waals surface area contributed by atoms with Gasteiger partial charge in [0, 0.05) is 4.90 Å². The number of hydrogen-bond acceptors (Lipinski definition) is 4. The van der Waals surface area contributed by atoms with Crippen molar-refractivity contribution < 1.29 is 14.6 Å². The van der Waals surface area contributed by atoms with Gasteiger partial charge in [0.2, 0.25) is 0 Å². The zero-order chi connectivity index (χ0) is 11.8. The van der Waals surface area contributed by atoms with Crippen molar-refractivity contribution >= 4 is 17.7 Å². The molecule has 1 fully saturated rings. The third-order valence-corrected chi connectivity index (χ3v) is 4.12. The molecule has 3 unspecified atom stereocenters. The monoisotopic (exact) mass is 238 g/mol. The van der Waals surface area contributed by atoms with Gasteiger partial charge in [0.25, 0.3) is 0 Å². The molecule has 0 saturated carbocycles. The van der Waals surface area contributed by atoms with Gasteiger partial charge in [-0.05, 0) is 26.0 Å². The van der Waals surface area contributed by atoms with E-state index in [1.165, 1.54) is 11.8 Å². The fourth-order valence-corrected chi connectivity index (χ4v) is 2.98. The summed E-state index contributed by atoms with van der Waals surface area (Å²) < 4.78 is 4.15. The third-order valence-electron chi connectivity index (χ3n) is 2.78. The van der Waals surface area contributed by atoms with Gasteiger partial charge in [0.15, 0.2) is 0 Å². The van der Waals surface area contributed by atoms with Crippen molar-refractivity contribution in [3.63, 3.8) is 0 Å². The Morgan fingerprint density at radius 1 is 1.38 bits per heavy atom. The Morgan fingerprint density at radius 2 is 2.00 bits per heavy atom. The number of hydrogen-bond donors (Lipinski definition) is 1. The summed E-state index contributed by atoms with van der Waals surface area (Å²) in [6, 6.07) is 9.56. The smallest absolute Gasteiger partial charge is 0.325 e. The van der Waals surface area contributed by atoms with Crippen LogP contribution >= 0.6 is 11.8 Å². The number of cyclic esters (lactones) is 1.